The number of ether oxygens (including phenoxy) is 2. The predicted octanol–water partition coefficient (Wildman–Crippen LogP) is 3.86. The lowest BCUT2D eigenvalue weighted by Gasteiger charge is -2.09. The summed E-state index contributed by atoms with van der Waals surface area (Å²) < 4.78 is 76.1. The van der Waals surface area contributed by atoms with E-state index in [1.165, 1.54) is 13.8 Å². The van der Waals surface area contributed by atoms with Crippen molar-refractivity contribution in [1.29, 1.82) is 0 Å². The molecule has 2 aromatic rings. The average molecular weight is 391 g/mol. The van der Waals surface area contributed by atoms with Gasteiger partial charge in [-0.3, -0.25) is 0 Å². The largest absolute Gasteiger partial charge is 0.462 e. The van der Waals surface area contributed by atoms with E-state index in [4.69, 9.17) is 4.74 Å². The van der Waals surface area contributed by atoms with Crippen LogP contribution in [0.5, 0.6) is 0 Å². The molecule has 5 nitrogen and oxygen atoms in total. The maximum absolute atomic E-state index is 13.6. The summed E-state index contributed by atoms with van der Waals surface area (Å²) in [5.74, 6) is -12.6. The molecule has 0 fully saturated rings. The fraction of sp³-hybridized carbons (Fsp3) is 0.294. The Bertz CT molecular complexity index is 894. The first-order valence-corrected chi connectivity index (χ1v) is 7.65. The fourth-order valence-corrected chi connectivity index (χ4v) is 2.45. The topological polar surface area (TPSA) is 68.4 Å². The normalized spacial score (nSPS) is 10.8. The van der Waals surface area contributed by atoms with Gasteiger partial charge in [0, 0.05) is 5.69 Å². The van der Waals surface area contributed by atoms with E-state index in [-0.39, 0.29) is 29.1 Å². The zero-order valence-corrected chi connectivity index (χ0v) is 14.4. The molecule has 27 heavy (non-hydrogen) atoms. The molecule has 0 bridgehead atoms. The third kappa shape index (κ3) is 3.64. The van der Waals surface area contributed by atoms with Gasteiger partial charge in [-0.2, -0.15) is 0 Å². The molecule has 0 aliphatic rings. The number of benzene rings is 1. The van der Waals surface area contributed by atoms with E-state index in [2.05, 4.69) is 9.72 Å². The number of hydrogen-bond donors (Lipinski definition) is 1. The zero-order valence-electron chi connectivity index (χ0n) is 14.4. The third-order valence-electron chi connectivity index (χ3n) is 3.77. The van der Waals surface area contributed by atoms with Gasteiger partial charge in [-0.25, -0.2) is 31.5 Å². The standard InChI is InChI=1S/C17H14F5NO4/c1-4-26-16(24)9-6(2)15(23-7(9)3)17(25)27-5-8-10(18)12(20)14(22)13(21)11(8)19/h23H,4-5H2,1-3H3. The highest BCUT2D eigenvalue weighted by Crippen LogP contribution is 2.25. The molecule has 0 saturated carbocycles. The van der Waals surface area contributed by atoms with Gasteiger partial charge in [0.15, 0.2) is 23.3 Å². The van der Waals surface area contributed by atoms with E-state index in [1.54, 1.807) is 6.92 Å². The van der Waals surface area contributed by atoms with Crippen LogP contribution < -0.4 is 0 Å². The summed E-state index contributed by atoms with van der Waals surface area (Å²) in [5.41, 5.74) is -0.965. The van der Waals surface area contributed by atoms with Crippen LogP contribution in [-0.2, 0) is 16.1 Å². The number of rotatable bonds is 5. The Balaban J connectivity index is 2.28. The molecule has 146 valence electrons. The summed E-state index contributed by atoms with van der Waals surface area (Å²) in [6.07, 6.45) is 0. The fourth-order valence-electron chi connectivity index (χ4n) is 2.45. The second kappa shape index (κ2) is 7.77. The molecule has 0 amide bonds. The van der Waals surface area contributed by atoms with E-state index in [1.807, 2.05) is 0 Å². The van der Waals surface area contributed by atoms with Crippen molar-refractivity contribution in [3.8, 4) is 0 Å². The van der Waals surface area contributed by atoms with Crippen molar-refractivity contribution < 1.29 is 41.0 Å². The van der Waals surface area contributed by atoms with Gasteiger partial charge in [-0.1, -0.05) is 0 Å². The number of aromatic nitrogens is 1. The average Bonchev–Trinajstić information content (AvgIpc) is 2.92. The van der Waals surface area contributed by atoms with Gasteiger partial charge in [0.25, 0.3) is 0 Å². The minimum Gasteiger partial charge on any atom is -0.462 e. The molecule has 2 rings (SSSR count). The molecule has 0 aliphatic carbocycles. The number of carbonyl (C=O) groups is 2. The monoisotopic (exact) mass is 391 g/mol. The van der Waals surface area contributed by atoms with Crippen LogP contribution in [0, 0.1) is 42.9 Å². The number of aryl methyl sites for hydroxylation is 1. The van der Waals surface area contributed by atoms with Crippen LogP contribution in [0.3, 0.4) is 0 Å². The van der Waals surface area contributed by atoms with Crippen molar-refractivity contribution in [3.63, 3.8) is 0 Å². The van der Waals surface area contributed by atoms with Gasteiger partial charge in [-0.15, -0.1) is 0 Å². The van der Waals surface area contributed by atoms with Crippen LogP contribution in [-0.4, -0.2) is 23.5 Å². The van der Waals surface area contributed by atoms with Crippen LogP contribution in [0.2, 0.25) is 0 Å². The van der Waals surface area contributed by atoms with Gasteiger partial charge in [0.1, 0.15) is 12.3 Å². The first-order chi connectivity index (χ1) is 12.6. The lowest BCUT2D eigenvalue weighted by molar-refractivity contribution is 0.0455. The molecule has 0 saturated heterocycles. The first-order valence-electron chi connectivity index (χ1n) is 7.65. The molecule has 0 aliphatic heterocycles. The smallest absolute Gasteiger partial charge is 0.355 e. The Hall–Kier alpha value is -2.91. The number of aromatic amines is 1. The quantitative estimate of drug-likeness (QED) is 0.364. The first kappa shape index (κ1) is 20.4. The van der Waals surface area contributed by atoms with E-state index >= 15 is 0 Å². The number of H-pyrrole nitrogens is 1. The van der Waals surface area contributed by atoms with Crippen molar-refractivity contribution in [1.82, 2.24) is 4.98 Å². The Morgan fingerprint density at radius 3 is 1.89 bits per heavy atom. The highest BCUT2D eigenvalue weighted by atomic mass is 19.2. The molecule has 1 aromatic carbocycles. The van der Waals surface area contributed by atoms with Crippen LogP contribution in [0.25, 0.3) is 0 Å². The van der Waals surface area contributed by atoms with E-state index in [0.717, 1.165) is 0 Å². The van der Waals surface area contributed by atoms with Gasteiger partial charge < -0.3 is 14.5 Å². The van der Waals surface area contributed by atoms with Crippen LogP contribution in [0.1, 0.15) is 44.6 Å². The second-order valence-corrected chi connectivity index (χ2v) is 5.47. The molecule has 1 heterocycles. The molecule has 1 aromatic heterocycles. The van der Waals surface area contributed by atoms with Crippen molar-refractivity contribution in [2.45, 2.75) is 27.4 Å². The predicted molar refractivity (Wildman–Crippen MR) is 81.6 cm³/mol. The minimum absolute atomic E-state index is 0.0834. The van der Waals surface area contributed by atoms with E-state index < -0.39 is 53.2 Å². The van der Waals surface area contributed by atoms with Crippen LogP contribution in [0.15, 0.2) is 0 Å². The lowest BCUT2D eigenvalue weighted by Crippen LogP contribution is -2.13. The van der Waals surface area contributed by atoms with Crippen molar-refractivity contribution in [2.75, 3.05) is 6.61 Å². The minimum atomic E-state index is -2.31. The molecule has 0 radical (unpaired) electrons. The molecule has 0 spiro atoms. The number of halogens is 5. The number of hydrogen-bond acceptors (Lipinski definition) is 4. The number of nitrogens with one attached hydrogen (secondary N) is 1. The summed E-state index contributed by atoms with van der Waals surface area (Å²) in [7, 11) is 0. The maximum Gasteiger partial charge on any atom is 0.355 e. The molecular formula is C17H14F5NO4. The Morgan fingerprint density at radius 2 is 1.37 bits per heavy atom. The molecule has 0 atom stereocenters. The highest BCUT2D eigenvalue weighted by Gasteiger charge is 2.28. The van der Waals surface area contributed by atoms with E-state index in [9.17, 15) is 31.5 Å². The zero-order chi connectivity index (χ0) is 20.5. The van der Waals surface area contributed by atoms with Gasteiger partial charge >= 0.3 is 11.9 Å². The summed E-state index contributed by atoms with van der Waals surface area (Å²) in [6.45, 7) is 3.39. The Kier molecular flexibility index (Phi) is 5.87. The maximum atomic E-state index is 13.6. The molecule has 1 N–H and O–H groups in total. The molecule has 0 unspecified atom stereocenters. The molecular weight excluding hydrogens is 377 g/mol. The van der Waals surface area contributed by atoms with E-state index in [0.29, 0.717) is 0 Å². The SMILES string of the molecule is CCOC(=O)c1c(C)[nH]c(C(=O)OCc2c(F)c(F)c(F)c(F)c2F)c1C. The van der Waals surface area contributed by atoms with Crippen LogP contribution in [0.4, 0.5) is 22.0 Å². The van der Waals surface area contributed by atoms with Gasteiger partial charge in [0.05, 0.1) is 17.7 Å². The Labute approximate surface area is 150 Å². The second-order valence-electron chi connectivity index (χ2n) is 5.47. The van der Waals surface area contributed by atoms with Crippen LogP contribution >= 0.6 is 0 Å². The van der Waals surface area contributed by atoms with Crippen molar-refractivity contribution in [3.05, 3.63) is 57.2 Å². The van der Waals surface area contributed by atoms with Crippen molar-refractivity contribution in [2.24, 2.45) is 0 Å². The Morgan fingerprint density at radius 1 is 0.852 bits per heavy atom. The molecule has 10 heteroatoms. The number of carbonyl (C=O) groups excluding carboxylic acids is 2. The summed E-state index contributed by atoms with van der Waals surface area (Å²) in [4.78, 5) is 26.6. The number of esters is 2. The summed E-state index contributed by atoms with van der Waals surface area (Å²) in [5, 5.41) is 0. The van der Waals surface area contributed by atoms with Crippen molar-refractivity contribution >= 4 is 11.9 Å². The van der Waals surface area contributed by atoms with Gasteiger partial charge in [0.2, 0.25) is 5.82 Å². The summed E-state index contributed by atoms with van der Waals surface area (Å²) in [6, 6.07) is 0. The van der Waals surface area contributed by atoms with Gasteiger partial charge in [-0.05, 0) is 26.3 Å². The summed E-state index contributed by atoms with van der Waals surface area (Å²) >= 11 is 0. The third-order valence-corrected chi connectivity index (χ3v) is 3.77. The lowest BCUT2D eigenvalue weighted by atomic mass is 10.1. The highest BCUT2D eigenvalue weighted by molar-refractivity contribution is 5.98.